The van der Waals surface area contributed by atoms with Crippen molar-refractivity contribution in [2.75, 3.05) is 13.1 Å². The molecule has 0 aliphatic rings. The molecule has 0 saturated carbocycles. The first-order valence-electron chi connectivity index (χ1n) is 6.92. The molecule has 124 valence electrons. The van der Waals surface area contributed by atoms with Crippen molar-refractivity contribution >= 4 is 24.3 Å². The number of hydrogen-bond donors (Lipinski definition) is 2. The van der Waals surface area contributed by atoms with E-state index in [1.54, 1.807) is 30.0 Å². The van der Waals surface area contributed by atoms with Crippen LogP contribution < -0.4 is 5.32 Å². The van der Waals surface area contributed by atoms with E-state index in [2.05, 4.69) is 5.32 Å². The van der Waals surface area contributed by atoms with Gasteiger partial charge in [0.25, 0.3) is 0 Å². The molecule has 0 fully saturated rings. The molecular weight excluding hydrogens is 311 g/mol. The molecule has 0 saturated heterocycles. The number of benzene rings is 1. The van der Waals surface area contributed by atoms with Crippen LogP contribution in [0.5, 0.6) is 0 Å². The zero-order valence-corrected chi connectivity index (χ0v) is 13.5. The molecule has 5 nitrogen and oxygen atoms in total. The lowest BCUT2D eigenvalue weighted by molar-refractivity contribution is -0.139. The number of amides is 1. The number of rotatable bonds is 8. The second kappa shape index (κ2) is 10.1. The van der Waals surface area contributed by atoms with E-state index in [1.165, 1.54) is 6.07 Å². The van der Waals surface area contributed by atoms with E-state index in [9.17, 15) is 14.0 Å². The van der Waals surface area contributed by atoms with Crippen LogP contribution in [0.25, 0.3) is 0 Å². The van der Waals surface area contributed by atoms with E-state index >= 15 is 0 Å². The molecule has 0 aliphatic heterocycles. The maximum Gasteiger partial charge on any atom is 0.317 e. The molecule has 1 aromatic rings. The SMILES string of the molecule is CCCN(CC(=O)O)C(C)C(=O)NCc1ccccc1F.Cl. The molecule has 1 rings (SSSR count). The van der Waals surface area contributed by atoms with E-state index in [1.807, 2.05) is 6.92 Å². The van der Waals surface area contributed by atoms with Gasteiger partial charge >= 0.3 is 5.97 Å². The van der Waals surface area contributed by atoms with E-state index in [0.29, 0.717) is 12.1 Å². The maximum atomic E-state index is 13.5. The standard InChI is InChI=1S/C15H21FN2O3.ClH/c1-3-8-18(10-14(19)20)11(2)15(21)17-9-12-6-4-5-7-13(12)16;/h4-7,11H,3,8-10H2,1-2H3,(H,17,21)(H,19,20);1H. The first-order valence-corrected chi connectivity index (χ1v) is 6.92. The molecule has 1 amide bonds. The molecule has 0 bridgehead atoms. The topological polar surface area (TPSA) is 69.6 Å². The first kappa shape index (κ1) is 20.3. The van der Waals surface area contributed by atoms with Gasteiger partial charge in [-0.1, -0.05) is 25.1 Å². The number of aliphatic carboxylic acids is 1. The third kappa shape index (κ3) is 6.41. The fourth-order valence-corrected chi connectivity index (χ4v) is 2.01. The summed E-state index contributed by atoms with van der Waals surface area (Å²) in [5, 5.41) is 11.5. The number of carboxylic acids is 1. The van der Waals surface area contributed by atoms with Gasteiger partial charge in [0.1, 0.15) is 5.82 Å². The summed E-state index contributed by atoms with van der Waals surface area (Å²) in [6.45, 7) is 3.97. The number of halogens is 2. The van der Waals surface area contributed by atoms with Gasteiger partial charge in [-0.3, -0.25) is 14.5 Å². The lowest BCUT2D eigenvalue weighted by Crippen LogP contribution is -2.47. The molecular formula is C15H22ClFN2O3. The molecule has 0 spiro atoms. The number of hydrogen-bond acceptors (Lipinski definition) is 3. The van der Waals surface area contributed by atoms with Crippen LogP contribution in [0.2, 0.25) is 0 Å². The van der Waals surface area contributed by atoms with Gasteiger partial charge in [-0.2, -0.15) is 0 Å². The number of nitrogens with one attached hydrogen (secondary N) is 1. The number of carboxylic acid groups (broad SMARTS) is 1. The van der Waals surface area contributed by atoms with Crippen LogP contribution in [-0.4, -0.2) is 41.0 Å². The molecule has 0 heterocycles. The van der Waals surface area contributed by atoms with Gasteiger partial charge in [0.15, 0.2) is 0 Å². The summed E-state index contributed by atoms with van der Waals surface area (Å²) < 4.78 is 13.5. The average molecular weight is 333 g/mol. The molecule has 0 aliphatic carbocycles. The highest BCUT2D eigenvalue weighted by atomic mass is 35.5. The first-order chi connectivity index (χ1) is 9.95. The molecule has 2 N–H and O–H groups in total. The number of carbonyl (C=O) groups excluding carboxylic acids is 1. The van der Waals surface area contributed by atoms with Crippen molar-refractivity contribution in [3.05, 3.63) is 35.6 Å². The zero-order chi connectivity index (χ0) is 15.8. The van der Waals surface area contributed by atoms with Crippen LogP contribution in [0.1, 0.15) is 25.8 Å². The highest BCUT2D eigenvalue weighted by Gasteiger charge is 2.22. The third-order valence-electron chi connectivity index (χ3n) is 3.19. The van der Waals surface area contributed by atoms with E-state index in [0.717, 1.165) is 6.42 Å². The van der Waals surface area contributed by atoms with Crippen LogP contribution in [0, 0.1) is 5.82 Å². The van der Waals surface area contributed by atoms with Gasteiger partial charge in [-0.25, -0.2) is 4.39 Å². The summed E-state index contributed by atoms with van der Waals surface area (Å²) in [7, 11) is 0. The molecule has 0 aromatic heterocycles. The van der Waals surface area contributed by atoms with Crippen LogP contribution in [-0.2, 0) is 16.1 Å². The van der Waals surface area contributed by atoms with Crippen molar-refractivity contribution in [3.8, 4) is 0 Å². The Morgan fingerprint density at radius 1 is 1.36 bits per heavy atom. The Labute approximate surface area is 135 Å². The van der Waals surface area contributed by atoms with Crippen molar-refractivity contribution < 1.29 is 19.1 Å². The number of carbonyl (C=O) groups is 2. The maximum absolute atomic E-state index is 13.5. The highest BCUT2D eigenvalue weighted by Crippen LogP contribution is 2.06. The average Bonchev–Trinajstić information content (AvgIpc) is 2.44. The fourth-order valence-electron chi connectivity index (χ4n) is 2.01. The monoisotopic (exact) mass is 332 g/mol. The van der Waals surface area contributed by atoms with Gasteiger partial charge in [-0.05, 0) is 26.0 Å². The molecule has 1 aromatic carbocycles. The summed E-state index contributed by atoms with van der Waals surface area (Å²) in [5.41, 5.74) is 0.401. The smallest absolute Gasteiger partial charge is 0.317 e. The lowest BCUT2D eigenvalue weighted by Gasteiger charge is -2.26. The van der Waals surface area contributed by atoms with Gasteiger partial charge in [0.2, 0.25) is 5.91 Å². The number of nitrogens with zero attached hydrogens (tertiary/aromatic N) is 1. The Hall–Kier alpha value is -1.66. The Balaban J connectivity index is 0.00000441. The summed E-state index contributed by atoms with van der Waals surface area (Å²) in [6, 6.07) is 5.63. The Morgan fingerprint density at radius 2 is 2.00 bits per heavy atom. The second-order valence-corrected chi connectivity index (χ2v) is 4.85. The van der Waals surface area contributed by atoms with E-state index in [4.69, 9.17) is 5.11 Å². The van der Waals surface area contributed by atoms with Crippen molar-refractivity contribution in [1.29, 1.82) is 0 Å². The molecule has 22 heavy (non-hydrogen) atoms. The molecule has 7 heteroatoms. The van der Waals surface area contributed by atoms with Crippen molar-refractivity contribution in [1.82, 2.24) is 10.2 Å². The quantitative estimate of drug-likeness (QED) is 0.764. The fraction of sp³-hybridized carbons (Fsp3) is 0.467. The minimum absolute atomic E-state index is 0. The van der Waals surface area contributed by atoms with Crippen molar-refractivity contribution in [2.24, 2.45) is 0 Å². The minimum atomic E-state index is -0.975. The Morgan fingerprint density at radius 3 is 2.55 bits per heavy atom. The highest BCUT2D eigenvalue weighted by molar-refractivity contribution is 5.85. The molecule has 0 radical (unpaired) electrons. The largest absolute Gasteiger partial charge is 0.480 e. The van der Waals surface area contributed by atoms with Gasteiger partial charge < -0.3 is 10.4 Å². The summed E-state index contributed by atoms with van der Waals surface area (Å²) in [5.74, 6) is -1.66. The lowest BCUT2D eigenvalue weighted by atomic mass is 10.2. The predicted octanol–water partition coefficient (Wildman–Crippen LogP) is 2.05. The van der Waals surface area contributed by atoms with Gasteiger partial charge in [0.05, 0.1) is 12.6 Å². The Kier molecular flexibility index (Phi) is 9.37. The van der Waals surface area contributed by atoms with Crippen LogP contribution in [0.4, 0.5) is 4.39 Å². The van der Waals surface area contributed by atoms with E-state index in [-0.39, 0.29) is 37.2 Å². The van der Waals surface area contributed by atoms with Crippen molar-refractivity contribution in [3.63, 3.8) is 0 Å². The second-order valence-electron chi connectivity index (χ2n) is 4.85. The van der Waals surface area contributed by atoms with Crippen LogP contribution in [0.15, 0.2) is 24.3 Å². The summed E-state index contributed by atoms with van der Waals surface area (Å²) >= 11 is 0. The summed E-state index contributed by atoms with van der Waals surface area (Å²) in [4.78, 5) is 24.5. The minimum Gasteiger partial charge on any atom is -0.480 e. The third-order valence-corrected chi connectivity index (χ3v) is 3.19. The zero-order valence-electron chi connectivity index (χ0n) is 12.7. The van der Waals surface area contributed by atoms with Crippen LogP contribution in [0.3, 0.4) is 0 Å². The normalized spacial score (nSPS) is 11.6. The summed E-state index contributed by atoms with van der Waals surface area (Å²) in [6.07, 6.45) is 0.748. The molecule has 1 unspecified atom stereocenters. The van der Waals surface area contributed by atoms with Gasteiger partial charge in [-0.15, -0.1) is 12.4 Å². The van der Waals surface area contributed by atoms with Crippen LogP contribution >= 0.6 is 12.4 Å². The Bertz CT molecular complexity index is 499. The van der Waals surface area contributed by atoms with Crippen molar-refractivity contribution in [2.45, 2.75) is 32.9 Å². The predicted molar refractivity (Wildman–Crippen MR) is 84.5 cm³/mol. The molecule has 1 atom stereocenters. The van der Waals surface area contributed by atoms with E-state index < -0.39 is 12.0 Å². The van der Waals surface area contributed by atoms with Gasteiger partial charge in [0, 0.05) is 12.1 Å².